The summed E-state index contributed by atoms with van der Waals surface area (Å²) in [5.41, 5.74) is 3.00. The molecule has 7 nitrogen and oxygen atoms in total. The quantitative estimate of drug-likeness (QED) is 0.130. The predicted octanol–water partition coefficient (Wildman–Crippen LogP) is 6.56. The molecule has 0 heterocycles. The van der Waals surface area contributed by atoms with Gasteiger partial charge in [-0.2, -0.15) is 0 Å². The summed E-state index contributed by atoms with van der Waals surface area (Å²) in [6, 6.07) is 36.5. The molecule has 0 N–H and O–H groups in total. The van der Waals surface area contributed by atoms with Crippen LogP contribution < -0.4 is 38.8 Å². The number of rotatable bonds is 14. The monoisotopic (exact) mass is 621 g/mol. The van der Waals surface area contributed by atoms with Gasteiger partial charge in [0, 0.05) is 24.3 Å². The Morgan fingerprint density at radius 2 is 0.911 bits per heavy atom. The molecule has 0 aliphatic carbocycles. The highest BCUT2D eigenvalue weighted by Gasteiger charge is 2.18. The lowest BCUT2D eigenvalue weighted by Gasteiger charge is -2.22. The second-order valence-electron chi connectivity index (χ2n) is 9.91. The maximum Gasteiger partial charge on any atom is 0.139 e. The van der Waals surface area contributed by atoms with Crippen LogP contribution in [0.4, 0.5) is 0 Å². The molecule has 0 bridgehead atoms. The first-order chi connectivity index (χ1) is 22.1. The SMILES string of the molecule is COc1cc(OC)c(C([O-])=Pc2c(OCc3ccccc3)cc(OCc3ccccc3)cc2OCc2ccccc2)c(OC)c1. The highest BCUT2D eigenvalue weighted by Crippen LogP contribution is 2.37. The minimum Gasteiger partial charge on any atom is -0.823 e. The van der Waals surface area contributed by atoms with Crippen molar-refractivity contribution < 1.29 is 33.5 Å². The molecule has 5 rings (SSSR count). The molecule has 0 spiro atoms. The van der Waals surface area contributed by atoms with Gasteiger partial charge in [-0.15, -0.1) is 0 Å². The molecule has 0 unspecified atom stereocenters. The van der Waals surface area contributed by atoms with Gasteiger partial charge in [-0.3, -0.25) is 0 Å². The van der Waals surface area contributed by atoms with Crippen molar-refractivity contribution >= 4 is 19.0 Å². The van der Waals surface area contributed by atoms with E-state index in [2.05, 4.69) is 0 Å². The van der Waals surface area contributed by atoms with Crippen molar-refractivity contribution in [2.75, 3.05) is 21.3 Å². The van der Waals surface area contributed by atoms with Crippen molar-refractivity contribution in [3.8, 4) is 34.5 Å². The lowest BCUT2D eigenvalue weighted by Crippen LogP contribution is -2.21. The molecule has 0 fully saturated rings. The zero-order valence-electron chi connectivity index (χ0n) is 25.4. The summed E-state index contributed by atoms with van der Waals surface area (Å²) in [4.78, 5) is 0. The predicted molar refractivity (Wildman–Crippen MR) is 176 cm³/mol. The van der Waals surface area contributed by atoms with E-state index >= 15 is 0 Å². The van der Waals surface area contributed by atoms with E-state index in [1.165, 1.54) is 14.2 Å². The molecule has 0 atom stereocenters. The van der Waals surface area contributed by atoms with Gasteiger partial charge < -0.3 is 33.5 Å². The van der Waals surface area contributed by atoms with Crippen LogP contribution in [-0.4, -0.2) is 26.8 Å². The van der Waals surface area contributed by atoms with Gasteiger partial charge in [-0.25, -0.2) is 0 Å². The Labute approximate surface area is 265 Å². The first kappa shape index (κ1) is 31.5. The van der Waals surface area contributed by atoms with Crippen molar-refractivity contribution in [3.05, 3.63) is 138 Å². The van der Waals surface area contributed by atoms with Gasteiger partial charge in [-0.1, -0.05) is 105 Å². The van der Waals surface area contributed by atoms with Gasteiger partial charge in [0.1, 0.15) is 54.3 Å². The Morgan fingerprint density at radius 1 is 0.511 bits per heavy atom. The summed E-state index contributed by atoms with van der Waals surface area (Å²) in [6.07, 6.45) is 0. The average Bonchev–Trinajstić information content (AvgIpc) is 3.10. The second-order valence-corrected chi connectivity index (χ2v) is 11.0. The Morgan fingerprint density at radius 3 is 1.31 bits per heavy atom. The minimum absolute atomic E-state index is 0.265. The maximum absolute atomic E-state index is 14.1. The van der Waals surface area contributed by atoms with Gasteiger partial charge in [0.05, 0.1) is 32.2 Å². The molecule has 0 radical (unpaired) electrons. The molecule has 5 aromatic carbocycles. The summed E-state index contributed by atoms with van der Waals surface area (Å²) < 4.78 is 35.6. The van der Waals surface area contributed by atoms with Gasteiger partial charge in [0.15, 0.2) is 0 Å². The Bertz CT molecular complexity index is 1620. The number of benzene rings is 5. The van der Waals surface area contributed by atoms with E-state index in [9.17, 15) is 5.11 Å². The van der Waals surface area contributed by atoms with E-state index in [0.29, 0.717) is 54.6 Å². The third-order valence-corrected chi connectivity index (χ3v) is 7.97. The summed E-state index contributed by atoms with van der Waals surface area (Å²) >= 11 is 0. The molecule has 0 saturated carbocycles. The van der Waals surface area contributed by atoms with Gasteiger partial charge in [0.2, 0.25) is 0 Å². The van der Waals surface area contributed by atoms with Crippen molar-refractivity contribution in [1.82, 2.24) is 0 Å². The van der Waals surface area contributed by atoms with Crippen molar-refractivity contribution in [3.63, 3.8) is 0 Å². The molecule has 230 valence electrons. The van der Waals surface area contributed by atoms with Crippen LogP contribution in [0.1, 0.15) is 22.3 Å². The molecule has 5 aromatic rings. The summed E-state index contributed by atoms with van der Waals surface area (Å²) in [6.45, 7) is 0.924. The van der Waals surface area contributed by atoms with E-state index in [0.717, 1.165) is 16.7 Å². The third-order valence-electron chi connectivity index (χ3n) is 6.88. The van der Waals surface area contributed by atoms with E-state index in [4.69, 9.17) is 28.4 Å². The van der Waals surface area contributed by atoms with Crippen molar-refractivity contribution in [2.24, 2.45) is 0 Å². The zero-order chi connectivity index (χ0) is 31.4. The molecule has 0 amide bonds. The van der Waals surface area contributed by atoms with E-state index < -0.39 is 0 Å². The molecule has 0 aliphatic heterocycles. The van der Waals surface area contributed by atoms with Gasteiger partial charge >= 0.3 is 0 Å². The number of methoxy groups -OCH3 is 3. The smallest absolute Gasteiger partial charge is 0.139 e. The molecular formula is C37H34O7P-. The van der Waals surface area contributed by atoms with Crippen LogP contribution in [0.25, 0.3) is 0 Å². The van der Waals surface area contributed by atoms with Crippen LogP contribution in [0, 0.1) is 0 Å². The first-order valence-electron chi connectivity index (χ1n) is 14.3. The van der Waals surface area contributed by atoms with Crippen LogP contribution in [0.5, 0.6) is 34.5 Å². The fourth-order valence-corrected chi connectivity index (χ4v) is 5.57. The van der Waals surface area contributed by atoms with Gasteiger partial charge in [0.25, 0.3) is 0 Å². The van der Waals surface area contributed by atoms with Crippen molar-refractivity contribution in [1.29, 1.82) is 0 Å². The molecule has 0 saturated heterocycles. The third kappa shape index (κ3) is 8.36. The Balaban J connectivity index is 1.61. The Kier molecular flexibility index (Phi) is 10.9. The largest absolute Gasteiger partial charge is 0.823 e. The summed E-state index contributed by atoms with van der Waals surface area (Å²) in [5.74, 6) is 2.67. The lowest BCUT2D eigenvalue weighted by atomic mass is 10.1. The number of hydrogen-bond donors (Lipinski definition) is 0. The van der Waals surface area contributed by atoms with Crippen LogP contribution in [0.2, 0.25) is 0 Å². The van der Waals surface area contributed by atoms with E-state index in [1.807, 2.05) is 91.0 Å². The molecule has 0 aliphatic rings. The fraction of sp³-hybridized carbons (Fsp3) is 0.162. The fourth-order valence-electron chi connectivity index (χ4n) is 4.56. The number of hydrogen-bond acceptors (Lipinski definition) is 7. The van der Waals surface area contributed by atoms with Crippen LogP contribution in [0.15, 0.2) is 115 Å². The topological polar surface area (TPSA) is 78.4 Å². The molecule has 8 heteroatoms. The molecule has 45 heavy (non-hydrogen) atoms. The number of ether oxygens (including phenoxy) is 6. The normalized spacial score (nSPS) is 11.1. The average molecular weight is 622 g/mol. The van der Waals surface area contributed by atoms with Crippen LogP contribution in [0.3, 0.4) is 0 Å². The highest BCUT2D eigenvalue weighted by atomic mass is 31.1. The highest BCUT2D eigenvalue weighted by molar-refractivity contribution is 7.49. The van der Waals surface area contributed by atoms with Crippen LogP contribution >= 0.6 is 8.20 Å². The van der Waals surface area contributed by atoms with Gasteiger partial charge in [-0.05, 0) is 16.7 Å². The van der Waals surface area contributed by atoms with Crippen LogP contribution in [-0.2, 0) is 19.8 Å². The lowest BCUT2D eigenvalue weighted by molar-refractivity contribution is -0.207. The summed E-state index contributed by atoms with van der Waals surface area (Å²) in [5, 5.41) is 14.6. The second kappa shape index (κ2) is 15.7. The maximum atomic E-state index is 14.1. The van der Waals surface area contributed by atoms with E-state index in [-0.39, 0.29) is 24.3 Å². The van der Waals surface area contributed by atoms with Crippen molar-refractivity contribution in [2.45, 2.75) is 19.8 Å². The standard InChI is InChI=1S/C37H35O7P/c1-39-29-19-31(40-2)35(32(20-29)41-3)37(38)45-36-33(43-24-27-15-9-5-10-16-27)21-30(42-23-26-13-7-4-8-14-26)22-34(36)44-25-28-17-11-6-12-18-28/h4-22,38H,23-25H2,1-3H3/p-1. The Hall–Kier alpha value is -4.97. The first-order valence-corrected chi connectivity index (χ1v) is 15.2. The molecule has 0 aromatic heterocycles. The summed E-state index contributed by atoms with van der Waals surface area (Å²) in [7, 11) is 4.84. The zero-order valence-corrected chi connectivity index (χ0v) is 26.3. The minimum atomic E-state index is -0.265. The van der Waals surface area contributed by atoms with E-state index in [1.54, 1.807) is 31.4 Å². The molecular weight excluding hydrogens is 587 g/mol.